The number of H-pyrrole nitrogens is 1. The van der Waals surface area contributed by atoms with Gasteiger partial charge in [0.15, 0.2) is 5.69 Å². The van der Waals surface area contributed by atoms with E-state index in [0.29, 0.717) is 10.8 Å². The van der Waals surface area contributed by atoms with E-state index in [9.17, 15) is 9.59 Å². The molecule has 0 radical (unpaired) electrons. The van der Waals surface area contributed by atoms with Crippen LogP contribution < -0.4 is 5.32 Å². The summed E-state index contributed by atoms with van der Waals surface area (Å²) in [6.45, 7) is 5.60. The van der Waals surface area contributed by atoms with Gasteiger partial charge in [0, 0.05) is 11.3 Å². The highest BCUT2D eigenvalue weighted by molar-refractivity contribution is 7.09. The molecule has 8 nitrogen and oxygen atoms in total. The summed E-state index contributed by atoms with van der Waals surface area (Å²) in [6, 6.07) is -0.420. The van der Waals surface area contributed by atoms with Gasteiger partial charge in [0.25, 0.3) is 5.91 Å². The van der Waals surface area contributed by atoms with Gasteiger partial charge in [0.2, 0.25) is 5.82 Å². The van der Waals surface area contributed by atoms with E-state index in [4.69, 9.17) is 5.11 Å². The van der Waals surface area contributed by atoms with Crippen LogP contribution >= 0.6 is 11.3 Å². The lowest BCUT2D eigenvalue weighted by molar-refractivity contribution is 0.0691. The number of hydrogen-bond donors (Lipinski definition) is 3. The third-order valence-corrected chi connectivity index (χ3v) is 3.74. The molecule has 112 valence electrons. The lowest BCUT2D eigenvalue weighted by atomic mass is 10.2. The Morgan fingerprint density at radius 1 is 1.33 bits per heavy atom. The smallest absolute Gasteiger partial charge is 0.355 e. The van der Waals surface area contributed by atoms with E-state index < -0.39 is 17.9 Å². The van der Waals surface area contributed by atoms with Crippen LogP contribution in [0.25, 0.3) is 0 Å². The van der Waals surface area contributed by atoms with Gasteiger partial charge in [-0.05, 0) is 6.92 Å². The number of thiazole rings is 1. The minimum Gasteiger partial charge on any atom is -0.476 e. The number of hydrogen-bond acceptors (Lipinski definition) is 6. The van der Waals surface area contributed by atoms with Gasteiger partial charge < -0.3 is 10.4 Å². The molecular formula is C12H15N5O3S. The average molecular weight is 309 g/mol. The van der Waals surface area contributed by atoms with E-state index in [1.807, 2.05) is 13.8 Å². The zero-order valence-corrected chi connectivity index (χ0v) is 12.6. The first-order chi connectivity index (χ1) is 9.88. The van der Waals surface area contributed by atoms with Crippen molar-refractivity contribution in [2.45, 2.75) is 32.7 Å². The van der Waals surface area contributed by atoms with Crippen LogP contribution in [0.1, 0.15) is 64.7 Å². The number of aromatic amines is 1. The number of carboxylic acid groups (broad SMARTS) is 1. The SMILES string of the molecule is CC(C)c1nc(C(=O)NC(C)c2nc(C(=O)O)cs2)n[nH]1. The molecule has 0 aliphatic carbocycles. The van der Waals surface area contributed by atoms with Gasteiger partial charge in [-0.15, -0.1) is 16.4 Å². The van der Waals surface area contributed by atoms with E-state index in [2.05, 4.69) is 25.5 Å². The van der Waals surface area contributed by atoms with Crippen LogP contribution in [0.2, 0.25) is 0 Å². The van der Waals surface area contributed by atoms with Crippen molar-refractivity contribution < 1.29 is 14.7 Å². The largest absolute Gasteiger partial charge is 0.476 e. The topological polar surface area (TPSA) is 121 Å². The van der Waals surface area contributed by atoms with Crippen LogP contribution in [0.4, 0.5) is 0 Å². The Kier molecular flexibility index (Phi) is 4.32. The zero-order chi connectivity index (χ0) is 15.6. The number of amides is 1. The summed E-state index contributed by atoms with van der Waals surface area (Å²) in [5, 5.41) is 20.0. The molecule has 1 atom stereocenters. The highest BCUT2D eigenvalue weighted by Gasteiger charge is 2.19. The number of carbonyl (C=O) groups excluding carboxylic acids is 1. The van der Waals surface area contributed by atoms with Crippen molar-refractivity contribution >= 4 is 23.2 Å². The molecule has 9 heteroatoms. The molecule has 0 saturated carbocycles. The molecule has 1 amide bonds. The molecule has 0 aromatic carbocycles. The van der Waals surface area contributed by atoms with E-state index in [1.54, 1.807) is 6.92 Å². The molecule has 2 rings (SSSR count). The Labute approximate surface area is 124 Å². The quantitative estimate of drug-likeness (QED) is 0.771. The Hall–Kier alpha value is -2.29. The summed E-state index contributed by atoms with van der Waals surface area (Å²) in [4.78, 5) is 30.8. The summed E-state index contributed by atoms with van der Waals surface area (Å²) in [7, 11) is 0. The van der Waals surface area contributed by atoms with Gasteiger partial charge in [0.1, 0.15) is 10.8 Å². The highest BCUT2D eigenvalue weighted by atomic mass is 32.1. The van der Waals surface area contributed by atoms with Gasteiger partial charge in [0.05, 0.1) is 6.04 Å². The second kappa shape index (κ2) is 6.00. The minimum atomic E-state index is -1.09. The maximum absolute atomic E-state index is 12.0. The standard InChI is InChI=1S/C12H15N5O3S/c1-5(2)8-15-9(17-16-8)10(18)13-6(3)11-14-7(4-21-11)12(19)20/h4-6H,1-3H3,(H,13,18)(H,19,20)(H,15,16,17). The fourth-order valence-corrected chi connectivity index (χ4v) is 2.34. The Morgan fingerprint density at radius 2 is 2.05 bits per heavy atom. The van der Waals surface area contributed by atoms with Gasteiger partial charge in [-0.2, -0.15) is 0 Å². The summed E-state index contributed by atoms with van der Waals surface area (Å²) in [5.41, 5.74) is -0.0314. The lowest BCUT2D eigenvalue weighted by Crippen LogP contribution is -2.27. The van der Waals surface area contributed by atoms with Crippen molar-refractivity contribution in [1.29, 1.82) is 0 Å². The second-order valence-corrected chi connectivity index (χ2v) is 5.66. The van der Waals surface area contributed by atoms with Crippen LogP contribution in [0.5, 0.6) is 0 Å². The molecule has 2 aromatic rings. The summed E-state index contributed by atoms with van der Waals surface area (Å²) in [6.07, 6.45) is 0. The van der Waals surface area contributed by atoms with Crippen molar-refractivity contribution in [3.8, 4) is 0 Å². The molecule has 0 aliphatic heterocycles. The first kappa shape index (κ1) is 15.1. The highest BCUT2D eigenvalue weighted by Crippen LogP contribution is 2.18. The van der Waals surface area contributed by atoms with Crippen molar-refractivity contribution in [2.75, 3.05) is 0 Å². The van der Waals surface area contributed by atoms with Gasteiger partial charge >= 0.3 is 5.97 Å². The maximum Gasteiger partial charge on any atom is 0.355 e. The summed E-state index contributed by atoms with van der Waals surface area (Å²) in [5.74, 6) is -0.686. The molecule has 3 N–H and O–H groups in total. The van der Waals surface area contributed by atoms with Crippen LogP contribution in [-0.4, -0.2) is 37.1 Å². The lowest BCUT2D eigenvalue weighted by Gasteiger charge is -2.08. The number of carbonyl (C=O) groups is 2. The normalized spacial score (nSPS) is 12.4. The van der Waals surface area contributed by atoms with Crippen LogP contribution in [0, 0.1) is 0 Å². The summed E-state index contributed by atoms with van der Waals surface area (Å²) >= 11 is 1.18. The third-order valence-electron chi connectivity index (χ3n) is 2.71. The molecule has 0 fully saturated rings. The number of aromatic carboxylic acids is 1. The number of rotatable bonds is 5. The Balaban J connectivity index is 2.05. The molecular weight excluding hydrogens is 294 g/mol. The van der Waals surface area contributed by atoms with Crippen LogP contribution in [0.3, 0.4) is 0 Å². The van der Waals surface area contributed by atoms with E-state index in [0.717, 1.165) is 0 Å². The van der Waals surface area contributed by atoms with E-state index in [-0.39, 0.29) is 17.4 Å². The molecule has 2 aromatic heterocycles. The third kappa shape index (κ3) is 3.43. The maximum atomic E-state index is 12.0. The van der Waals surface area contributed by atoms with Gasteiger partial charge in [-0.1, -0.05) is 13.8 Å². The number of aromatic nitrogens is 4. The Bertz CT molecular complexity index is 663. The molecule has 0 spiro atoms. The van der Waals surface area contributed by atoms with Crippen LogP contribution in [-0.2, 0) is 0 Å². The molecule has 2 heterocycles. The van der Waals surface area contributed by atoms with E-state index in [1.165, 1.54) is 16.7 Å². The average Bonchev–Trinajstić information content (AvgIpc) is 3.08. The van der Waals surface area contributed by atoms with Crippen molar-refractivity contribution in [3.05, 3.63) is 27.7 Å². The summed E-state index contributed by atoms with van der Waals surface area (Å²) < 4.78 is 0. The number of nitrogens with zero attached hydrogens (tertiary/aromatic N) is 3. The van der Waals surface area contributed by atoms with Crippen molar-refractivity contribution in [1.82, 2.24) is 25.5 Å². The van der Waals surface area contributed by atoms with Crippen LogP contribution in [0.15, 0.2) is 5.38 Å². The molecule has 0 aliphatic rings. The molecule has 1 unspecified atom stereocenters. The minimum absolute atomic E-state index is 0.0314. The number of nitrogens with one attached hydrogen (secondary N) is 2. The molecule has 0 saturated heterocycles. The van der Waals surface area contributed by atoms with E-state index >= 15 is 0 Å². The number of carboxylic acids is 1. The fourth-order valence-electron chi connectivity index (χ4n) is 1.54. The van der Waals surface area contributed by atoms with Crippen molar-refractivity contribution in [3.63, 3.8) is 0 Å². The zero-order valence-electron chi connectivity index (χ0n) is 11.7. The monoisotopic (exact) mass is 309 g/mol. The molecule has 21 heavy (non-hydrogen) atoms. The second-order valence-electron chi connectivity index (χ2n) is 4.77. The Morgan fingerprint density at radius 3 is 2.57 bits per heavy atom. The fraction of sp³-hybridized carbons (Fsp3) is 0.417. The first-order valence-corrected chi connectivity index (χ1v) is 7.18. The van der Waals surface area contributed by atoms with Crippen molar-refractivity contribution in [2.24, 2.45) is 0 Å². The van der Waals surface area contributed by atoms with Gasteiger partial charge in [-0.25, -0.2) is 14.8 Å². The predicted octanol–water partition coefficient (Wildman–Crippen LogP) is 1.57. The molecule has 0 bridgehead atoms. The predicted molar refractivity (Wildman–Crippen MR) is 75.4 cm³/mol. The first-order valence-electron chi connectivity index (χ1n) is 6.30. The van der Waals surface area contributed by atoms with Gasteiger partial charge in [-0.3, -0.25) is 9.89 Å².